The van der Waals surface area contributed by atoms with Crippen LogP contribution in [0.4, 0.5) is 13.2 Å². The molecule has 2 fully saturated rings. The average Bonchev–Trinajstić information content (AvgIpc) is 3.48. The molecule has 1 amide bonds. The molecule has 1 N–H and O–H groups in total. The zero-order valence-corrected chi connectivity index (χ0v) is 20.4. The number of aryl methyl sites for hydroxylation is 1. The number of carbonyl (C=O) groups excluding carboxylic acids is 1. The highest BCUT2D eigenvalue weighted by Crippen LogP contribution is 2.56. The molecule has 0 saturated heterocycles. The maximum absolute atomic E-state index is 13.1. The topological polar surface area (TPSA) is 85.4 Å². The molecule has 6 nitrogen and oxygen atoms in total. The number of methoxy groups -OCH3 is 1. The first-order valence-corrected chi connectivity index (χ1v) is 13.3. The van der Waals surface area contributed by atoms with Crippen LogP contribution in [0.3, 0.4) is 0 Å². The summed E-state index contributed by atoms with van der Waals surface area (Å²) in [7, 11) is -1.90. The van der Waals surface area contributed by atoms with E-state index in [-0.39, 0.29) is 45.9 Å². The Morgan fingerprint density at radius 1 is 1.30 bits per heavy atom. The maximum atomic E-state index is 13.1. The minimum atomic E-state index is -4.65. The number of sulfone groups is 1. The number of ether oxygens (including phenoxy) is 1. The molecule has 0 aromatic carbocycles. The number of hydrogen-bond acceptors (Lipinski definition) is 5. The molecule has 1 heterocycles. The number of carbonyl (C=O) groups is 1. The van der Waals surface area contributed by atoms with E-state index in [1.807, 2.05) is 13.8 Å². The highest BCUT2D eigenvalue weighted by molar-refractivity contribution is 7.91. The predicted octanol–water partition coefficient (Wildman–Crippen LogP) is 4.56. The van der Waals surface area contributed by atoms with Crippen molar-refractivity contribution in [2.75, 3.05) is 18.6 Å². The number of amides is 1. The molecule has 1 unspecified atom stereocenters. The van der Waals surface area contributed by atoms with Crippen LogP contribution < -0.4 is 10.1 Å². The van der Waals surface area contributed by atoms with E-state index in [4.69, 9.17) is 4.74 Å². The highest BCUT2D eigenvalue weighted by atomic mass is 32.2. The summed E-state index contributed by atoms with van der Waals surface area (Å²) in [6.45, 7) is 5.17. The monoisotopic (exact) mass is 490 g/mol. The first-order valence-electron chi connectivity index (χ1n) is 11.4. The van der Waals surface area contributed by atoms with Crippen LogP contribution in [0, 0.1) is 24.2 Å². The molecule has 33 heavy (non-hydrogen) atoms. The van der Waals surface area contributed by atoms with Crippen LogP contribution in [0.5, 0.6) is 5.88 Å². The Morgan fingerprint density at radius 3 is 2.45 bits per heavy atom. The van der Waals surface area contributed by atoms with Crippen LogP contribution in [-0.2, 0) is 16.0 Å². The van der Waals surface area contributed by atoms with E-state index in [0.717, 1.165) is 38.2 Å². The Hall–Kier alpha value is -1.84. The zero-order valence-electron chi connectivity index (χ0n) is 19.6. The number of aromatic nitrogens is 1. The number of rotatable bonds is 10. The Balaban J connectivity index is 1.76. The molecule has 3 rings (SSSR count). The van der Waals surface area contributed by atoms with Crippen molar-refractivity contribution < 1.29 is 31.1 Å². The Kier molecular flexibility index (Phi) is 7.36. The fourth-order valence-electron chi connectivity index (χ4n) is 5.19. The van der Waals surface area contributed by atoms with Crippen LogP contribution in [0.15, 0.2) is 6.07 Å². The van der Waals surface area contributed by atoms with Crippen molar-refractivity contribution >= 4 is 15.7 Å². The van der Waals surface area contributed by atoms with Crippen LogP contribution in [0.1, 0.15) is 74.0 Å². The van der Waals surface area contributed by atoms with E-state index in [0.29, 0.717) is 12.3 Å². The van der Waals surface area contributed by atoms with Gasteiger partial charge in [0.2, 0.25) is 5.88 Å². The van der Waals surface area contributed by atoms with Crippen molar-refractivity contribution in [3.63, 3.8) is 0 Å². The van der Waals surface area contributed by atoms with Crippen LogP contribution >= 0.6 is 0 Å². The van der Waals surface area contributed by atoms with Crippen LogP contribution in [0.25, 0.3) is 0 Å². The third kappa shape index (κ3) is 6.00. The molecular formula is C23H33F3N2O4S. The minimum Gasteiger partial charge on any atom is -0.480 e. The van der Waals surface area contributed by atoms with Gasteiger partial charge >= 0.3 is 6.18 Å². The molecule has 186 valence electrons. The lowest BCUT2D eigenvalue weighted by molar-refractivity contribution is -0.141. The molecule has 0 radical (unpaired) electrons. The SMILES string of the molecule is CCCS(=O)(=O)CC1CC(CC2CC2)(C(C)NC(=O)c2c(C)cc(C(F)(F)F)nc2OC)C1. The van der Waals surface area contributed by atoms with Crippen molar-refractivity contribution in [3.05, 3.63) is 22.9 Å². The van der Waals surface area contributed by atoms with Gasteiger partial charge in [-0.2, -0.15) is 13.2 Å². The molecule has 0 bridgehead atoms. The summed E-state index contributed by atoms with van der Waals surface area (Å²) in [6.07, 6.45) is 0.573. The van der Waals surface area contributed by atoms with E-state index in [1.165, 1.54) is 14.0 Å². The Morgan fingerprint density at radius 2 is 1.94 bits per heavy atom. The molecule has 2 aliphatic carbocycles. The summed E-state index contributed by atoms with van der Waals surface area (Å²) in [4.78, 5) is 16.6. The van der Waals surface area contributed by atoms with Gasteiger partial charge in [-0.15, -0.1) is 0 Å². The first kappa shape index (κ1) is 25.8. The fraction of sp³-hybridized carbons (Fsp3) is 0.739. The van der Waals surface area contributed by atoms with Crippen molar-refractivity contribution in [1.82, 2.24) is 10.3 Å². The average molecular weight is 491 g/mol. The van der Waals surface area contributed by atoms with Crippen LogP contribution in [-0.4, -0.2) is 44.0 Å². The number of alkyl halides is 3. The standard InChI is InChI=1S/C23H33F3N2O4S/c1-5-8-33(30,31)13-17-11-22(12-17,10-16-6-7-16)15(3)27-20(29)19-14(2)9-18(23(24,25)26)28-21(19)32-4/h9,15-17H,5-8,10-13H2,1-4H3,(H,27,29). The van der Waals surface area contributed by atoms with E-state index >= 15 is 0 Å². The summed E-state index contributed by atoms with van der Waals surface area (Å²) >= 11 is 0. The summed E-state index contributed by atoms with van der Waals surface area (Å²) in [5, 5.41) is 2.96. The van der Waals surface area contributed by atoms with E-state index in [1.54, 1.807) is 0 Å². The number of halogens is 3. The van der Waals surface area contributed by atoms with E-state index in [2.05, 4.69) is 10.3 Å². The third-order valence-corrected chi connectivity index (χ3v) is 8.96. The van der Waals surface area contributed by atoms with Gasteiger partial charge in [-0.3, -0.25) is 4.79 Å². The second-order valence-electron chi connectivity index (χ2n) is 9.80. The van der Waals surface area contributed by atoms with Gasteiger partial charge in [0, 0.05) is 11.8 Å². The largest absolute Gasteiger partial charge is 0.480 e. The van der Waals surface area contributed by atoms with Gasteiger partial charge in [-0.25, -0.2) is 13.4 Å². The second kappa shape index (κ2) is 9.43. The van der Waals surface area contributed by atoms with E-state index in [9.17, 15) is 26.4 Å². The zero-order chi connectivity index (χ0) is 24.6. The molecule has 1 aromatic heterocycles. The van der Waals surface area contributed by atoms with E-state index < -0.39 is 27.6 Å². The smallest absolute Gasteiger partial charge is 0.433 e. The van der Waals surface area contributed by atoms with Gasteiger partial charge in [0.1, 0.15) is 11.3 Å². The molecule has 1 atom stereocenters. The maximum Gasteiger partial charge on any atom is 0.433 e. The lowest BCUT2D eigenvalue weighted by atomic mass is 9.56. The van der Waals surface area contributed by atoms with Crippen molar-refractivity contribution in [1.29, 1.82) is 0 Å². The summed E-state index contributed by atoms with van der Waals surface area (Å²) < 4.78 is 68.8. The summed E-state index contributed by atoms with van der Waals surface area (Å²) in [6, 6.07) is 0.585. The van der Waals surface area contributed by atoms with Gasteiger partial charge in [-0.05, 0) is 68.4 Å². The van der Waals surface area contributed by atoms with Gasteiger partial charge < -0.3 is 10.1 Å². The van der Waals surface area contributed by atoms with Crippen molar-refractivity contribution in [2.45, 2.75) is 71.5 Å². The number of hydrogen-bond donors (Lipinski definition) is 1. The molecule has 0 aliphatic heterocycles. The minimum absolute atomic E-state index is 0.0136. The molecule has 0 spiro atoms. The Bertz CT molecular complexity index is 984. The van der Waals surface area contributed by atoms with Crippen molar-refractivity contribution in [2.24, 2.45) is 17.3 Å². The fourth-order valence-corrected chi connectivity index (χ4v) is 6.93. The lowest BCUT2D eigenvalue weighted by Gasteiger charge is -2.52. The van der Waals surface area contributed by atoms with Gasteiger partial charge in [0.25, 0.3) is 5.91 Å². The highest BCUT2D eigenvalue weighted by Gasteiger charge is 2.51. The predicted molar refractivity (Wildman–Crippen MR) is 119 cm³/mol. The molecule has 1 aromatic rings. The summed E-state index contributed by atoms with van der Waals surface area (Å²) in [5.41, 5.74) is -1.20. The number of pyridine rings is 1. The normalized spacial score (nSPS) is 24.2. The van der Waals surface area contributed by atoms with Gasteiger partial charge in [0.05, 0.1) is 12.9 Å². The summed E-state index contributed by atoms with van der Waals surface area (Å²) in [5.74, 6) is 0.121. The van der Waals surface area contributed by atoms with Crippen LogP contribution in [0.2, 0.25) is 0 Å². The van der Waals surface area contributed by atoms with Gasteiger partial charge in [0.15, 0.2) is 9.84 Å². The Labute approximate surface area is 193 Å². The van der Waals surface area contributed by atoms with Gasteiger partial charge in [-0.1, -0.05) is 19.8 Å². The molecular weight excluding hydrogens is 457 g/mol. The number of nitrogens with one attached hydrogen (secondary N) is 1. The number of nitrogens with zero attached hydrogens (tertiary/aromatic N) is 1. The third-order valence-electron chi connectivity index (χ3n) is 6.95. The lowest BCUT2D eigenvalue weighted by Crippen LogP contribution is -2.54. The van der Waals surface area contributed by atoms with Crippen molar-refractivity contribution in [3.8, 4) is 5.88 Å². The molecule has 2 saturated carbocycles. The first-order chi connectivity index (χ1) is 15.3. The second-order valence-corrected chi connectivity index (χ2v) is 12.0. The molecule has 10 heteroatoms. The molecule has 2 aliphatic rings. The quantitative estimate of drug-likeness (QED) is 0.520.